The van der Waals surface area contributed by atoms with Crippen molar-refractivity contribution >= 4 is 11.6 Å². The minimum absolute atomic E-state index is 0.0577. The van der Waals surface area contributed by atoms with E-state index < -0.39 is 0 Å². The molecule has 1 aromatic heterocycles. The van der Waals surface area contributed by atoms with Crippen molar-refractivity contribution in [2.75, 3.05) is 30.9 Å². The second kappa shape index (κ2) is 6.70. The van der Waals surface area contributed by atoms with Crippen molar-refractivity contribution in [3.05, 3.63) is 11.9 Å². The predicted octanol–water partition coefficient (Wildman–Crippen LogP) is 2.68. The van der Waals surface area contributed by atoms with E-state index in [1.54, 1.807) is 7.11 Å². The molecular formula is C14H26N4O. The Morgan fingerprint density at radius 1 is 1.32 bits per heavy atom. The van der Waals surface area contributed by atoms with Crippen LogP contribution in [0.4, 0.5) is 11.6 Å². The Kier molecular flexibility index (Phi) is 5.54. The molecule has 0 saturated heterocycles. The quantitative estimate of drug-likeness (QED) is 0.822. The lowest BCUT2D eigenvalue weighted by molar-refractivity contribution is 0.178. The van der Waals surface area contributed by atoms with Crippen LogP contribution < -0.4 is 10.2 Å². The molecule has 0 radical (unpaired) electrons. The average molecular weight is 266 g/mol. The Morgan fingerprint density at radius 3 is 2.53 bits per heavy atom. The number of methoxy groups -OCH3 is 1. The molecule has 5 nitrogen and oxygen atoms in total. The van der Waals surface area contributed by atoms with E-state index in [0.717, 1.165) is 24.6 Å². The van der Waals surface area contributed by atoms with Gasteiger partial charge < -0.3 is 15.0 Å². The zero-order valence-electron chi connectivity index (χ0n) is 12.9. The van der Waals surface area contributed by atoms with Crippen molar-refractivity contribution in [2.24, 2.45) is 0 Å². The average Bonchev–Trinajstić information content (AvgIpc) is 2.38. The topological polar surface area (TPSA) is 50.3 Å². The minimum Gasteiger partial charge on any atom is -0.377 e. The Morgan fingerprint density at radius 2 is 2.00 bits per heavy atom. The molecule has 0 fully saturated rings. The van der Waals surface area contributed by atoms with Crippen LogP contribution >= 0.6 is 0 Å². The number of hydrogen-bond acceptors (Lipinski definition) is 5. The van der Waals surface area contributed by atoms with Gasteiger partial charge in [-0.3, -0.25) is 0 Å². The summed E-state index contributed by atoms with van der Waals surface area (Å²) in [5.74, 6) is 2.47. The van der Waals surface area contributed by atoms with Crippen molar-refractivity contribution in [1.29, 1.82) is 0 Å². The molecule has 19 heavy (non-hydrogen) atoms. The highest BCUT2D eigenvalue weighted by atomic mass is 16.5. The highest BCUT2D eigenvalue weighted by Crippen LogP contribution is 2.24. The molecule has 0 aliphatic rings. The third-order valence-electron chi connectivity index (χ3n) is 3.51. The first-order chi connectivity index (χ1) is 8.94. The molecule has 0 aliphatic heterocycles. The lowest BCUT2D eigenvalue weighted by atomic mass is 10.00. The molecule has 0 atom stereocenters. The summed E-state index contributed by atoms with van der Waals surface area (Å²) in [6.45, 7) is 9.91. The lowest BCUT2D eigenvalue weighted by Crippen LogP contribution is -2.41. The van der Waals surface area contributed by atoms with E-state index in [-0.39, 0.29) is 5.54 Å². The first kappa shape index (κ1) is 15.7. The molecule has 0 unspecified atom stereocenters. The highest BCUT2D eigenvalue weighted by molar-refractivity contribution is 5.50. The molecule has 0 saturated carbocycles. The summed E-state index contributed by atoms with van der Waals surface area (Å²) < 4.78 is 5.14. The summed E-state index contributed by atoms with van der Waals surface area (Å²) in [6.07, 6.45) is 1.05. The maximum Gasteiger partial charge on any atom is 0.158 e. The molecule has 0 spiro atoms. The predicted molar refractivity (Wildman–Crippen MR) is 79.7 cm³/mol. The van der Waals surface area contributed by atoms with Gasteiger partial charge in [0, 0.05) is 32.3 Å². The standard InChI is InChI=1S/C14H26N4O/c1-7-14(3,4)18(5)13-9-11(15-8-2)16-12(17-13)10-19-6/h9H,7-8,10H2,1-6H3,(H,15,16,17). The van der Waals surface area contributed by atoms with E-state index in [9.17, 15) is 0 Å². The molecule has 108 valence electrons. The first-order valence-electron chi connectivity index (χ1n) is 6.79. The second-order valence-corrected chi connectivity index (χ2v) is 5.22. The van der Waals surface area contributed by atoms with E-state index in [2.05, 4.69) is 54.9 Å². The van der Waals surface area contributed by atoms with E-state index in [1.165, 1.54) is 0 Å². The van der Waals surface area contributed by atoms with Crippen LogP contribution in [0, 0.1) is 0 Å². The maximum absolute atomic E-state index is 5.14. The van der Waals surface area contributed by atoms with E-state index in [0.29, 0.717) is 12.4 Å². The molecule has 0 amide bonds. The molecule has 1 N–H and O–H groups in total. The van der Waals surface area contributed by atoms with E-state index in [4.69, 9.17) is 4.74 Å². The van der Waals surface area contributed by atoms with Crippen LogP contribution in [-0.4, -0.2) is 36.2 Å². The molecule has 1 heterocycles. The van der Waals surface area contributed by atoms with Gasteiger partial charge in [0.05, 0.1) is 0 Å². The second-order valence-electron chi connectivity index (χ2n) is 5.22. The Labute approximate surface area is 116 Å². The lowest BCUT2D eigenvalue weighted by Gasteiger charge is -2.36. The van der Waals surface area contributed by atoms with Gasteiger partial charge in [0.15, 0.2) is 5.82 Å². The van der Waals surface area contributed by atoms with Gasteiger partial charge in [-0.2, -0.15) is 0 Å². The van der Waals surface area contributed by atoms with E-state index >= 15 is 0 Å². The molecule has 0 bridgehead atoms. The number of aromatic nitrogens is 2. The molecule has 1 aromatic rings. The smallest absolute Gasteiger partial charge is 0.158 e. The number of nitrogens with one attached hydrogen (secondary N) is 1. The summed E-state index contributed by atoms with van der Waals surface area (Å²) in [4.78, 5) is 11.2. The number of rotatable bonds is 7. The van der Waals surface area contributed by atoms with Crippen LogP contribution in [0.5, 0.6) is 0 Å². The van der Waals surface area contributed by atoms with Crippen molar-refractivity contribution in [3.63, 3.8) is 0 Å². The maximum atomic E-state index is 5.14. The van der Waals surface area contributed by atoms with Crippen molar-refractivity contribution in [2.45, 2.75) is 46.3 Å². The van der Waals surface area contributed by atoms with Crippen LogP contribution in [0.1, 0.15) is 39.9 Å². The Bertz CT molecular complexity index is 382. The third kappa shape index (κ3) is 4.06. The normalized spacial score (nSPS) is 11.5. The highest BCUT2D eigenvalue weighted by Gasteiger charge is 2.23. The van der Waals surface area contributed by atoms with Crippen LogP contribution in [0.2, 0.25) is 0 Å². The van der Waals surface area contributed by atoms with Crippen molar-refractivity contribution in [1.82, 2.24) is 9.97 Å². The summed E-state index contributed by atoms with van der Waals surface area (Å²) in [5, 5.41) is 3.24. The molecule has 5 heteroatoms. The van der Waals surface area contributed by atoms with Gasteiger partial charge >= 0.3 is 0 Å². The first-order valence-corrected chi connectivity index (χ1v) is 6.79. The van der Waals surface area contributed by atoms with Gasteiger partial charge in [-0.15, -0.1) is 0 Å². The van der Waals surface area contributed by atoms with E-state index in [1.807, 2.05) is 6.07 Å². The molecule has 0 aliphatic carbocycles. The van der Waals surface area contributed by atoms with Crippen LogP contribution in [0.15, 0.2) is 6.07 Å². The van der Waals surface area contributed by atoms with Crippen molar-refractivity contribution < 1.29 is 4.74 Å². The van der Waals surface area contributed by atoms with Crippen LogP contribution in [0.3, 0.4) is 0 Å². The molecular weight excluding hydrogens is 240 g/mol. The summed E-state index contributed by atoms with van der Waals surface area (Å²) in [7, 11) is 3.72. The molecule has 1 rings (SSSR count). The number of anilines is 2. The van der Waals surface area contributed by atoms with Gasteiger partial charge in [0.25, 0.3) is 0 Å². The summed E-state index contributed by atoms with van der Waals surface area (Å²) >= 11 is 0. The van der Waals surface area contributed by atoms with Crippen molar-refractivity contribution in [3.8, 4) is 0 Å². The Balaban J connectivity index is 3.11. The zero-order chi connectivity index (χ0) is 14.5. The zero-order valence-corrected chi connectivity index (χ0v) is 12.9. The number of hydrogen-bond donors (Lipinski definition) is 1. The van der Waals surface area contributed by atoms with Crippen LogP contribution in [-0.2, 0) is 11.3 Å². The molecule has 0 aromatic carbocycles. The largest absolute Gasteiger partial charge is 0.377 e. The van der Waals surface area contributed by atoms with Gasteiger partial charge in [0.2, 0.25) is 0 Å². The fraction of sp³-hybridized carbons (Fsp3) is 0.714. The van der Waals surface area contributed by atoms with Gasteiger partial charge in [-0.05, 0) is 27.2 Å². The number of ether oxygens (including phenoxy) is 1. The summed E-state index contributed by atoms with van der Waals surface area (Å²) in [5.41, 5.74) is 0.0577. The summed E-state index contributed by atoms with van der Waals surface area (Å²) in [6, 6.07) is 1.99. The van der Waals surface area contributed by atoms with Gasteiger partial charge in [-0.1, -0.05) is 6.92 Å². The van der Waals surface area contributed by atoms with Gasteiger partial charge in [-0.25, -0.2) is 9.97 Å². The fourth-order valence-electron chi connectivity index (χ4n) is 1.67. The van der Waals surface area contributed by atoms with Crippen LogP contribution in [0.25, 0.3) is 0 Å². The Hall–Kier alpha value is -1.36. The van der Waals surface area contributed by atoms with Gasteiger partial charge in [0.1, 0.15) is 18.2 Å². The fourth-order valence-corrected chi connectivity index (χ4v) is 1.67. The SMILES string of the molecule is CCNc1cc(N(C)C(C)(C)CC)nc(COC)n1. The number of nitrogens with zero attached hydrogens (tertiary/aromatic N) is 3. The minimum atomic E-state index is 0.0577. The monoisotopic (exact) mass is 266 g/mol. The third-order valence-corrected chi connectivity index (χ3v) is 3.51.